The lowest BCUT2D eigenvalue weighted by atomic mass is 9.86. The van der Waals surface area contributed by atoms with Gasteiger partial charge in [0.25, 0.3) is 0 Å². The van der Waals surface area contributed by atoms with Gasteiger partial charge >= 0.3 is 0 Å². The van der Waals surface area contributed by atoms with Crippen LogP contribution in [0.5, 0.6) is 0 Å². The summed E-state index contributed by atoms with van der Waals surface area (Å²) in [5, 5.41) is 15.3. The van der Waals surface area contributed by atoms with E-state index in [4.69, 9.17) is 10.9 Å². The predicted molar refractivity (Wildman–Crippen MR) is 85.4 cm³/mol. The number of rotatable bonds is 11. The Hall–Kier alpha value is -1.56. The molecule has 1 aromatic heterocycles. The summed E-state index contributed by atoms with van der Waals surface area (Å²) in [5.74, 6) is 0.315. The van der Waals surface area contributed by atoms with Gasteiger partial charge in [-0.15, -0.1) is 0 Å². The van der Waals surface area contributed by atoms with Crippen LogP contribution in [0.1, 0.15) is 46.0 Å². The summed E-state index contributed by atoms with van der Waals surface area (Å²) >= 11 is 0. The molecule has 0 saturated carbocycles. The molecular weight excluding hydrogens is 266 g/mol. The van der Waals surface area contributed by atoms with Gasteiger partial charge < -0.3 is 20.8 Å². The number of hydrogen-bond acceptors (Lipinski definition) is 4. The molecule has 1 heterocycles. The van der Waals surface area contributed by atoms with Crippen LogP contribution in [0.25, 0.3) is 0 Å². The molecule has 0 radical (unpaired) electrons. The third kappa shape index (κ3) is 7.13. The van der Waals surface area contributed by atoms with Crippen LogP contribution in [0, 0.1) is 5.41 Å². The minimum Gasteiger partial charge on any atom is -0.409 e. The monoisotopic (exact) mass is 295 g/mol. The molecule has 1 rings (SSSR count). The summed E-state index contributed by atoms with van der Waals surface area (Å²) in [6.07, 6.45) is 11.1. The van der Waals surface area contributed by atoms with Crippen LogP contribution >= 0.6 is 0 Å². The van der Waals surface area contributed by atoms with Crippen molar-refractivity contribution in [2.24, 2.45) is 16.3 Å². The average molecular weight is 295 g/mol. The molecule has 4 N–H and O–H groups in total. The van der Waals surface area contributed by atoms with Crippen LogP contribution in [-0.4, -0.2) is 33.7 Å². The van der Waals surface area contributed by atoms with Gasteiger partial charge in [0.05, 0.1) is 6.33 Å². The smallest absolute Gasteiger partial charge is 0.144 e. The quantitative estimate of drug-likeness (QED) is 0.192. The molecule has 0 amide bonds. The number of nitrogens with two attached hydrogens (primary N) is 1. The number of hydrogen-bond donors (Lipinski definition) is 3. The molecule has 0 aliphatic heterocycles. The van der Waals surface area contributed by atoms with Crippen molar-refractivity contribution in [3.05, 3.63) is 18.7 Å². The van der Waals surface area contributed by atoms with E-state index in [0.29, 0.717) is 5.84 Å². The molecule has 0 aliphatic rings. The highest BCUT2D eigenvalue weighted by atomic mass is 16.4. The van der Waals surface area contributed by atoms with Crippen LogP contribution in [0.15, 0.2) is 23.9 Å². The van der Waals surface area contributed by atoms with Crippen LogP contribution in [-0.2, 0) is 6.54 Å². The first kappa shape index (κ1) is 17.5. The van der Waals surface area contributed by atoms with E-state index in [-0.39, 0.29) is 5.41 Å². The van der Waals surface area contributed by atoms with Crippen molar-refractivity contribution in [1.29, 1.82) is 0 Å². The van der Waals surface area contributed by atoms with E-state index in [9.17, 15) is 0 Å². The zero-order valence-electron chi connectivity index (χ0n) is 13.3. The van der Waals surface area contributed by atoms with Crippen molar-refractivity contribution in [3.8, 4) is 0 Å². The average Bonchev–Trinajstić information content (AvgIpc) is 2.97. The van der Waals surface area contributed by atoms with E-state index in [2.05, 4.69) is 20.0 Å². The second-order valence-corrected chi connectivity index (χ2v) is 6.08. The number of aromatic nitrogens is 2. The number of oxime groups is 1. The summed E-state index contributed by atoms with van der Waals surface area (Å²) in [5.41, 5.74) is 5.44. The molecule has 0 atom stereocenters. The second-order valence-electron chi connectivity index (χ2n) is 6.08. The number of nitrogens with one attached hydrogen (secondary N) is 1. The minimum absolute atomic E-state index is 0.223. The summed E-state index contributed by atoms with van der Waals surface area (Å²) in [6, 6.07) is 0. The molecule has 0 aromatic carbocycles. The fourth-order valence-corrected chi connectivity index (χ4v) is 2.17. The number of amidine groups is 1. The predicted octanol–water partition coefficient (Wildman–Crippen LogP) is 2.20. The Bertz CT molecular complexity index is 400. The molecule has 6 heteroatoms. The molecule has 0 saturated heterocycles. The number of aryl methyl sites for hydroxylation is 1. The van der Waals surface area contributed by atoms with Gasteiger partial charge in [-0.3, -0.25) is 0 Å². The maximum absolute atomic E-state index is 8.71. The summed E-state index contributed by atoms with van der Waals surface area (Å²) < 4.78 is 2.11. The molecular formula is C15H29N5O. The SMILES string of the molecule is CC(C)(CCCCNCCCCn1ccnc1)/C(N)=N/O. The zero-order chi connectivity index (χ0) is 15.6. The van der Waals surface area contributed by atoms with Gasteiger partial charge in [0, 0.05) is 24.4 Å². The lowest BCUT2D eigenvalue weighted by Crippen LogP contribution is -2.32. The van der Waals surface area contributed by atoms with Gasteiger partial charge in [-0.25, -0.2) is 4.98 Å². The van der Waals surface area contributed by atoms with Gasteiger partial charge in [0.2, 0.25) is 0 Å². The van der Waals surface area contributed by atoms with Crippen LogP contribution in [0.3, 0.4) is 0 Å². The van der Waals surface area contributed by atoms with E-state index < -0.39 is 0 Å². The topological polar surface area (TPSA) is 88.5 Å². The van der Waals surface area contributed by atoms with Crippen LogP contribution < -0.4 is 11.1 Å². The second kappa shape index (κ2) is 9.39. The number of unbranched alkanes of at least 4 members (excludes halogenated alkanes) is 2. The first-order valence-corrected chi connectivity index (χ1v) is 7.71. The van der Waals surface area contributed by atoms with E-state index in [1.54, 1.807) is 0 Å². The first-order valence-electron chi connectivity index (χ1n) is 7.71. The summed E-state index contributed by atoms with van der Waals surface area (Å²) in [7, 11) is 0. The Balaban J connectivity index is 1.93. The fraction of sp³-hybridized carbons (Fsp3) is 0.733. The molecule has 21 heavy (non-hydrogen) atoms. The Morgan fingerprint density at radius 1 is 1.29 bits per heavy atom. The molecule has 120 valence electrons. The largest absolute Gasteiger partial charge is 0.409 e. The Morgan fingerprint density at radius 2 is 2.00 bits per heavy atom. The third-order valence-electron chi connectivity index (χ3n) is 3.79. The lowest BCUT2D eigenvalue weighted by Gasteiger charge is -2.22. The maximum Gasteiger partial charge on any atom is 0.144 e. The van der Waals surface area contributed by atoms with Crippen molar-refractivity contribution >= 4 is 5.84 Å². The summed E-state index contributed by atoms with van der Waals surface area (Å²) in [6.45, 7) is 7.13. The third-order valence-corrected chi connectivity index (χ3v) is 3.79. The van der Waals surface area contributed by atoms with Crippen molar-refractivity contribution in [2.45, 2.75) is 52.5 Å². The van der Waals surface area contributed by atoms with Crippen molar-refractivity contribution in [1.82, 2.24) is 14.9 Å². The Morgan fingerprint density at radius 3 is 2.62 bits per heavy atom. The van der Waals surface area contributed by atoms with Gasteiger partial charge in [0.15, 0.2) is 0 Å². The normalized spacial score (nSPS) is 12.8. The van der Waals surface area contributed by atoms with Gasteiger partial charge in [-0.1, -0.05) is 25.4 Å². The van der Waals surface area contributed by atoms with Crippen molar-refractivity contribution in [3.63, 3.8) is 0 Å². The summed E-state index contributed by atoms with van der Waals surface area (Å²) in [4.78, 5) is 4.02. The highest BCUT2D eigenvalue weighted by Crippen LogP contribution is 2.22. The van der Waals surface area contributed by atoms with E-state index in [1.807, 2.05) is 32.6 Å². The van der Waals surface area contributed by atoms with Gasteiger partial charge in [-0.05, 0) is 38.8 Å². The van der Waals surface area contributed by atoms with E-state index >= 15 is 0 Å². The number of nitrogens with zero attached hydrogens (tertiary/aromatic N) is 3. The Labute approximate surface area is 127 Å². The molecule has 0 spiro atoms. The standard InChI is InChI=1S/C15H29N5O/c1-15(2,14(16)19-21)7-3-4-8-17-9-5-6-11-20-12-10-18-13-20/h10,12-13,17,21H,3-9,11H2,1-2H3,(H2,16,19). The molecule has 0 unspecified atom stereocenters. The number of imidazole rings is 1. The first-order chi connectivity index (χ1) is 10.1. The molecule has 0 bridgehead atoms. The van der Waals surface area contributed by atoms with Crippen LogP contribution in [0.4, 0.5) is 0 Å². The minimum atomic E-state index is -0.223. The van der Waals surface area contributed by atoms with Gasteiger partial charge in [0.1, 0.15) is 5.84 Å². The zero-order valence-corrected chi connectivity index (χ0v) is 13.3. The van der Waals surface area contributed by atoms with Crippen molar-refractivity contribution in [2.75, 3.05) is 13.1 Å². The maximum atomic E-state index is 8.71. The Kier molecular flexibility index (Phi) is 7.82. The lowest BCUT2D eigenvalue weighted by molar-refractivity contribution is 0.304. The van der Waals surface area contributed by atoms with E-state index in [0.717, 1.165) is 38.9 Å². The highest BCUT2D eigenvalue weighted by molar-refractivity contribution is 5.85. The van der Waals surface area contributed by atoms with Crippen molar-refractivity contribution < 1.29 is 5.21 Å². The van der Waals surface area contributed by atoms with Crippen LogP contribution in [0.2, 0.25) is 0 Å². The fourth-order valence-electron chi connectivity index (χ4n) is 2.17. The molecule has 1 aromatic rings. The van der Waals surface area contributed by atoms with Gasteiger partial charge in [-0.2, -0.15) is 0 Å². The molecule has 6 nitrogen and oxygen atoms in total. The molecule has 0 aliphatic carbocycles. The highest BCUT2D eigenvalue weighted by Gasteiger charge is 2.22. The molecule has 0 fully saturated rings. The van der Waals surface area contributed by atoms with E-state index in [1.165, 1.54) is 12.8 Å².